The Morgan fingerprint density at radius 2 is 2.05 bits per heavy atom. The van der Waals surface area contributed by atoms with E-state index in [4.69, 9.17) is 0 Å². The van der Waals surface area contributed by atoms with Gasteiger partial charge in [-0.25, -0.2) is 9.97 Å². The Hall–Kier alpha value is -0.780. The highest BCUT2D eigenvalue weighted by Crippen LogP contribution is 2.26. The molecule has 0 fully saturated rings. The molecule has 1 unspecified atom stereocenters. The quantitative estimate of drug-likeness (QED) is 0.880. The number of aromatic nitrogens is 2. The minimum absolute atomic E-state index is 0.344. The zero-order valence-electron chi connectivity index (χ0n) is 12.0. The molecule has 0 aromatic carbocycles. The van der Waals surface area contributed by atoms with Gasteiger partial charge in [-0.3, -0.25) is 0 Å². The molecule has 0 aliphatic rings. The van der Waals surface area contributed by atoms with Crippen molar-refractivity contribution in [3.8, 4) is 0 Å². The van der Waals surface area contributed by atoms with E-state index in [1.807, 2.05) is 17.5 Å². The molecule has 0 aliphatic carbocycles. The van der Waals surface area contributed by atoms with Gasteiger partial charge in [-0.05, 0) is 33.7 Å². The Morgan fingerprint density at radius 3 is 2.58 bits per heavy atom. The standard InChI is InChI=1S/C14H21N3S2/c1-5-6-15-12(13-8-16-11(4)19-13)7-14-17-9(2)10(3)18-14/h8,12,15H,5-7H2,1-4H3. The highest BCUT2D eigenvalue weighted by Gasteiger charge is 2.16. The molecule has 2 heterocycles. The van der Waals surface area contributed by atoms with Crippen molar-refractivity contribution in [3.05, 3.63) is 31.7 Å². The van der Waals surface area contributed by atoms with Gasteiger partial charge in [0.2, 0.25) is 0 Å². The van der Waals surface area contributed by atoms with E-state index in [-0.39, 0.29) is 0 Å². The third-order valence-electron chi connectivity index (χ3n) is 3.07. The van der Waals surface area contributed by atoms with Crippen LogP contribution in [0.4, 0.5) is 0 Å². The molecule has 0 amide bonds. The first-order valence-electron chi connectivity index (χ1n) is 6.68. The van der Waals surface area contributed by atoms with Crippen molar-refractivity contribution in [1.29, 1.82) is 0 Å². The SMILES string of the molecule is CCCNC(Cc1nc(C)c(C)s1)c1cnc(C)s1. The summed E-state index contributed by atoms with van der Waals surface area (Å²) in [5, 5.41) is 5.96. The van der Waals surface area contributed by atoms with E-state index in [1.54, 1.807) is 11.3 Å². The van der Waals surface area contributed by atoms with Crippen LogP contribution in [0.1, 0.15) is 44.8 Å². The fourth-order valence-corrected chi connectivity index (χ4v) is 3.77. The normalized spacial score (nSPS) is 12.8. The monoisotopic (exact) mass is 295 g/mol. The van der Waals surface area contributed by atoms with Gasteiger partial charge >= 0.3 is 0 Å². The highest BCUT2D eigenvalue weighted by molar-refractivity contribution is 7.12. The second-order valence-electron chi connectivity index (χ2n) is 4.74. The van der Waals surface area contributed by atoms with Gasteiger partial charge in [-0.1, -0.05) is 6.92 Å². The van der Waals surface area contributed by atoms with Crippen molar-refractivity contribution in [2.45, 2.75) is 46.6 Å². The topological polar surface area (TPSA) is 37.8 Å². The third-order valence-corrected chi connectivity index (χ3v) is 5.20. The number of aryl methyl sites for hydroxylation is 3. The molecule has 19 heavy (non-hydrogen) atoms. The average Bonchev–Trinajstić information content (AvgIpc) is 2.92. The first-order chi connectivity index (χ1) is 9.10. The molecule has 104 valence electrons. The fraction of sp³-hybridized carbons (Fsp3) is 0.571. The van der Waals surface area contributed by atoms with Crippen LogP contribution in [-0.4, -0.2) is 16.5 Å². The summed E-state index contributed by atoms with van der Waals surface area (Å²) in [6, 6.07) is 0.344. The number of hydrogen-bond donors (Lipinski definition) is 1. The number of hydrogen-bond acceptors (Lipinski definition) is 5. The minimum atomic E-state index is 0.344. The number of rotatable bonds is 6. The van der Waals surface area contributed by atoms with Crippen LogP contribution >= 0.6 is 22.7 Å². The summed E-state index contributed by atoms with van der Waals surface area (Å²) in [6.07, 6.45) is 4.10. The molecule has 2 rings (SSSR count). The fourth-order valence-electron chi connectivity index (χ4n) is 1.93. The summed E-state index contributed by atoms with van der Waals surface area (Å²) in [7, 11) is 0. The van der Waals surface area contributed by atoms with E-state index in [1.165, 1.54) is 14.8 Å². The van der Waals surface area contributed by atoms with Crippen LogP contribution in [0.15, 0.2) is 6.20 Å². The number of nitrogens with one attached hydrogen (secondary N) is 1. The van der Waals surface area contributed by atoms with E-state index in [0.717, 1.165) is 30.1 Å². The molecule has 5 heteroatoms. The van der Waals surface area contributed by atoms with Gasteiger partial charge in [0.15, 0.2) is 0 Å². The van der Waals surface area contributed by atoms with Crippen molar-refractivity contribution < 1.29 is 0 Å². The first-order valence-corrected chi connectivity index (χ1v) is 8.32. The average molecular weight is 295 g/mol. The van der Waals surface area contributed by atoms with Gasteiger partial charge < -0.3 is 5.32 Å². The Morgan fingerprint density at radius 1 is 1.26 bits per heavy atom. The van der Waals surface area contributed by atoms with Crippen molar-refractivity contribution in [1.82, 2.24) is 15.3 Å². The molecule has 2 aromatic heterocycles. The molecule has 0 bridgehead atoms. The maximum absolute atomic E-state index is 4.65. The van der Waals surface area contributed by atoms with E-state index in [2.05, 4.69) is 43.0 Å². The van der Waals surface area contributed by atoms with E-state index >= 15 is 0 Å². The maximum Gasteiger partial charge on any atom is 0.0950 e. The zero-order chi connectivity index (χ0) is 13.8. The van der Waals surface area contributed by atoms with Gasteiger partial charge in [0.1, 0.15) is 0 Å². The zero-order valence-corrected chi connectivity index (χ0v) is 13.6. The lowest BCUT2D eigenvalue weighted by atomic mass is 10.2. The lowest BCUT2D eigenvalue weighted by Gasteiger charge is -2.15. The summed E-state index contributed by atoms with van der Waals surface area (Å²) in [5.41, 5.74) is 1.16. The Labute approximate surface area is 123 Å². The van der Waals surface area contributed by atoms with E-state index in [9.17, 15) is 0 Å². The van der Waals surface area contributed by atoms with Crippen molar-refractivity contribution in [3.63, 3.8) is 0 Å². The summed E-state index contributed by atoms with van der Waals surface area (Å²) < 4.78 is 0. The molecule has 0 spiro atoms. The molecule has 0 saturated carbocycles. The molecular formula is C14H21N3S2. The van der Waals surface area contributed by atoms with Crippen LogP contribution in [0.5, 0.6) is 0 Å². The highest BCUT2D eigenvalue weighted by atomic mass is 32.1. The number of nitrogens with zero attached hydrogens (tertiary/aromatic N) is 2. The molecule has 0 radical (unpaired) electrons. The van der Waals surface area contributed by atoms with Crippen molar-refractivity contribution >= 4 is 22.7 Å². The van der Waals surface area contributed by atoms with Gasteiger partial charge in [0, 0.05) is 28.4 Å². The summed E-state index contributed by atoms with van der Waals surface area (Å²) in [6.45, 7) is 9.51. The summed E-state index contributed by atoms with van der Waals surface area (Å²) >= 11 is 3.59. The molecular weight excluding hydrogens is 274 g/mol. The Balaban J connectivity index is 2.13. The van der Waals surface area contributed by atoms with E-state index < -0.39 is 0 Å². The van der Waals surface area contributed by atoms with Crippen molar-refractivity contribution in [2.24, 2.45) is 0 Å². The predicted molar refractivity (Wildman–Crippen MR) is 83.2 cm³/mol. The Kier molecular flexibility index (Phi) is 5.07. The second-order valence-corrected chi connectivity index (χ2v) is 7.30. The first kappa shape index (κ1) is 14.6. The molecule has 1 N–H and O–H groups in total. The van der Waals surface area contributed by atoms with Crippen LogP contribution in [0, 0.1) is 20.8 Å². The molecule has 3 nitrogen and oxygen atoms in total. The minimum Gasteiger partial charge on any atom is -0.309 e. The summed E-state index contributed by atoms with van der Waals surface area (Å²) in [5.74, 6) is 0. The second kappa shape index (κ2) is 6.59. The molecule has 0 saturated heterocycles. The lowest BCUT2D eigenvalue weighted by molar-refractivity contribution is 0.534. The third kappa shape index (κ3) is 3.84. The molecule has 2 aromatic rings. The van der Waals surface area contributed by atoms with Crippen LogP contribution in [-0.2, 0) is 6.42 Å². The smallest absolute Gasteiger partial charge is 0.0950 e. The molecule has 0 aliphatic heterocycles. The van der Waals surface area contributed by atoms with Gasteiger partial charge in [0.05, 0.1) is 15.7 Å². The van der Waals surface area contributed by atoms with Crippen molar-refractivity contribution in [2.75, 3.05) is 6.54 Å². The van der Waals surface area contributed by atoms with Crippen LogP contribution in [0.3, 0.4) is 0 Å². The van der Waals surface area contributed by atoms with Gasteiger partial charge in [-0.2, -0.15) is 0 Å². The van der Waals surface area contributed by atoms with Crippen LogP contribution in [0.25, 0.3) is 0 Å². The number of thiazole rings is 2. The summed E-state index contributed by atoms with van der Waals surface area (Å²) in [4.78, 5) is 11.7. The molecule has 1 atom stereocenters. The van der Waals surface area contributed by atoms with Gasteiger partial charge in [-0.15, -0.1) is 22.7 Å². The Bertz CT molecular complexity index is 511. The van der Waals surface area contributed by atoms with Crippen LogP contribution < -0.4 is 5.32 Å². The van der Waals surface area contributed by atoms with Crippen LogP contribution in [0.2, 0.25) is 0 Å². The van der Waals surface area contributed by atoms with E-state index in [0.29, 0.717) is 6.04 Å². The van der Waals surface area contributed by atoms with Gasteiger partial charge in [0.25, 0.3) is 0 Å². The lowest BCUT2D eigenvalue weighted by Crippen LogP contribution is -2.23. The maximum atomic E-state index is 4.65. The predicted octanol–water partition coefficient (Wildman–Crippen LogP) is 3.81. The largest absolute Gasteiger partial charge is 0.309 e.